The molecule has 1 saturated heterocycles. The number of esters is 1. The zero-order chi connectivity index (χ0) is 16.4. The highest BCUT2D eigenvalue weighted by atomic mass is 16.6. The molecule has 130 valence electrons. The molecule has 1 heterocycles. The van der Waals surface area contributed by atoms with E-state index in [1.54, 1.807) is 18.3 Å². The average molecular weight is 322 g/mol. The Morgan fingerprint density at radius 3 is 3.04 bits per heavy atom. The normalized spacial score (nSPS) is 36.7. The van der Waals surface area contributed by atoms with Gasteiger partial charge in [-0.25, -0.2) is 0 Å². The zero-order valence-electron chi connectivity index (χ0n) is 14.9. The second kappa shape index (κ2) is 6.94. The third-order valence-electron chi connectivity index (χ3n) is 6.36. The Morgan fingerprint density at radius 1 is 1.43 bits per heavy atom. The van der Waals surface area contributed by atoms with E-state index in [-0.39, 0.29) is 23.4 Å². The molecule has 0 spiro atoms. The summed E-state index contributed by atoms with van der Waals surface area (Å²) >= 11 is 0. The van der Waals surface area contributed by atoms with Crippen LogP contribution < -0.4 is 5.32 Å². The first-order valence-corrected chi connectivity index (χ1v) is 9.25. The number of hydrogen-bond donors (Lipinski definition) is 1. The maximum Gasteiger partial charge on any atom is 0.315 e. The van der Waals surface area contributed by atoms with Crippen LogP contribution in [-0.4, -0.2) is 38.9 Å². The van der Waals surface area contributed by atoms with Gasteiger partial charge in [0.1, 0.15) is 12.0 Å². The number of methoxy groups -OCH3 is 1. The van der Waals surface area contributed by atoms with Crippen molar-refractivity contribution in [3.05, 3.63) is 11.1 Å². The minimum atomic E-state index is 0.0449. The van der Waals surface area contributed by atoms with E-state index < -0.39 is 0 Å². The molecule has 0 amide bonds. The van der Waals surface area contributed by atoms with Crippen molar-refractivity contribution < 1.29 is 19.6 Å². The van der Waals surface area contributed by atoms with Crippen molar-refractivity contribution >= 4 is 5.97 Å². The summed E-state index contributed by atoms with van der Waals surface area (Å²) < 4.78 is 10.9. The number of quaternary nitrogens is 1. The molecule has 0 bridgehead atoms. The van der Waals surface area contributed by atoms with Crippen LogP contribution in [0.3, 0.4) is 0 Å². The molecule has 0 aromatic carbocycles. The maximum atomic E-state index is 12.4. The van der Waals surface area contributed by atoms with Gasteiger partial charge in [0.25, 0.3) is 0 Å². The smallest absolute Gasteiger partial charge is 0.315 e. The van der Waals surface area contributed by atoms with Crippen LogP contribution in [0, 0.1) is 17.3 Å². The van der Waals surface area contributed by atoms with E-state index in [9.17, 15) is 4.79 Å². The van der Waals surface area contributed by atoms with Crippen molar-refractivity contribution in [1.82, 2.24) is 0 Å². The number of carbonyl (C=O) groups is 1. The van der Waals surface area contributed by atoms with E-state index >= 15 is 0 Å². The molecule has 1 saturated carbocycles. The van der Waals surface area contributed by atoms with Crippen LogP contribution >= 0.6 is 0 Å². The van der Waals surface area contributed by atoms with Crippen LogP contribution in [0.5, 0.6) is 0 Å². The molecule has 0 radical (unpaired) electrons. The summed E-state index contributed by atoms with van der Waals surface area (Å²) in [6, 6.07) is 0. The first-order valence-electron chi connectivity index (χ1n) is 9.25. The summed E-state index contributed by atoms with van der Waals surface area (Å²) in [6.45, 7) is 7.37. The highest BCUT2D eigenvalue weighted by molar-refractivity contribution is 5.75. The molecule has 1 aliphatic heterocycles. The molecule has 2 fully saturated rings. The Bertz CT molecular complexity index is 487. The fourth-order valence-electron chi connectivity index (χ4n) is 5.05. The molecular formula is C19H32NO3+. The zero-order valence-corrected chi connectivity index (χ0v) is 14.9. The van der Waals surface area contributed by atoms with Gasteiger partial charge >= 0.3 is 5.97 Å². The van der Waals surface area contributed by atoms with Gasteiger partial charge in [0.2, 0.25) is 0 Å². The number of rotatable bonds is 6. The Hall–Kier alpha value is -0.870. The van der Waals surface area contributed by atoms with Crippen molar-refractivity contribution in [2.24, 2.45) is 17.3 Å². The molecule has 2 N–H and O–H groups in total. The SMILES string of the molecule is COCCC[NH2+]C[C@@H]1C(=O)O[C@@H]2C[C@]3(C)CCCC(C)=C3C[C@H]12. The van der Waals surface area contributed by atoms with Gasteiger partial charge < -0.3 is 14.8 Å². The second-order valence-electron chi connectivity index (χ2n) is 7.99. The molecule has 0 aromatic rings. The van der Waals surface area contributed by atoms with E-state index in [0.29, 0.717) is 5.92 Å². The maximum absolute atomic E-state index is 12.4. The van der Waals surface area contributed by atoms with Gasteiger partial charge in [0, 0.05) is 19.4 Å². The van der Waals surface area contributed by atoms with Gasteiger partial charge in [-0.1, -0.05) is 18.1 Å². The predicted octanol–water partition coefficient (Wildman–Crippen LogP) is 2.04. The van der Waals surface area contributed by atoms with Crippen molar-refractivity contribution in [2.45, 2.75) is 58.5 Å². The van der Waals surface area contributed by atoms with Gasteiger partial charge in [-0.2, -0.15) is 0 Å². The van der Waals surface area contributed by atoms with E-state index in [4.69, 9.17) is 9.47 Å². The van der Waals surface area contributed by atoms with E-state index in [1.807, 2.05) is 0 Å². The molecule has 3 rings (SSSR count). The van der Waals surface area contributed by atoms with Crippen molar-refractivity contribution in [3.8, 4) is 0 Å². The largest absolute Gasteiger partial charge is 0.462 e. The van der Waals surface area contributed by atoms with Crippen LogP contribution in [0.25, 0.3) is 0 Å². The van der Waals surface area contributed by atoms with Crippen LogP contribution in [0.4, 0.5) is 0 Å². The third kappa shape index (κ3) is 3.34. The molecule has 0 unspecified atom stereocenters. The van der Waals surface area contributed by atoms with Gasteiger partial charge in [-0.3, -0.25) is 4.79 Å². The van der Waals surface area contributed by atoms with Crippen LogP contribution in [0.1, 0.15) is 52.4 Å². The van der Waals surface area contributed by atoms with Gasteiger partial charge in [0.15, 0.2) is 0 Å². The van der Waals surface area contributed by atoms with Gasteiger partial charge in [0.05, 0.1) is 19.7 Å². The fraction of sp³-hybridized carbons (Fsp3) is 0.842. The highest BCUT2D eigenvalue weighted by Gasteiger charge is 2.53. The first kappa shape index (κ1) is 17.0. The summed E-state index contributed by atoms with van der Waals surface area (Å²) in [6.07, 6.45) is 7.09. The number of nitrogens with two attached hydrogens (primary N) is 1. The third-order valence-corrected chi connectivity index (χ3v) is 6.36. The Balaban J connectivity index is 1.65. The Labute approximate surface area is 140 Å². The molecule has 4 heteroatoms. The molecular weight excluding hydrogens is 290 g/mol. The monoisotopic (exact) mass is 322 g/mol. The molecule has 0 aromatic heterocycles. The average Bonchev–Trinajstić information content (AvgIpc) is 2.79. The lowest BCUT2D eigenvalue weighted by Gasteiger charge is -2.45. The minimum Gasteiger partial charge on any atom is -0.462 e. The summed E-state index contributed by atoms with van der Waals surface area (Å²) in [5.74, 6) is 0.523. The summed E-state index contributed by atoms with van der Waals surface area (Å²) in [5.41, 5.74) is 3.51. The van der Waals surface area contributed by atoms with Crippen molar-refractivity contribution in [1.29, 1.82) is 0 Å². The lowest BCUT2D eigenvalue weighted by molar-refractivity contribution is -0.659. The highest BCUT2D eigenvalue weighted by Crippen LogP contribution is 2.54. The molecule has 4 nitrogen and oxygen atoms in total. The molecule has 3 aliphatic rings. The number of allylic oxidation sites excluding steroid dienone is 2. The lowest BCUT2D eigenvalue weighted by Crippen LogP contribution is -2.86. The molecule has 23 heavy (non-hydrogen) atoms. The molecule has 4 atom stereocenters. The van der Waals surface area contributed by atoms with Crippen molar-refractivity contribution in [3.63, 3.8) is 0 Å². The van der Waals surface area contributed by atoms with Gasteiger partial charge in [-0.15, -0.1) is 0 Å². The Morgan fingerprint density at radius 2 is 2.26 bits per heavy atom. The topological polar surface area (TPSA) is 52.1 Å². The van der Waals surface area contributed by atoms with Crippen LogP contribution in [0.15, 0.2) is 11.1 Å². The summed E-state index contributed by atoms with van der Waals surface area (Å²) in [7, 11) is 1.73. The lowest BCUT2D eigenvalue weighted by atomic mass is 9.59. The quantitative estimate of drug-likeness (QED) is 0.462. The number of ether oxygens (including phenoxy) is 2. The summed E-state index contributed by atoms with van der Waals surface area (Å²) in [5, 5.41) is 2.27. The Kier molecular flexibility index (Phi) is 5.12. The van der Waals surface area contributed by atoms with Crippen LogP contribution in [0.2, 0.25) is 0 Å². The molecule has 2 aliphatic carbocycles. The summed E-state index contributed by atoms with van der Waals surface area (Å²) in [4.78, 5) is 12.4. The number of fused-ring (bicyclic) bond motifs is 2. The first-order chi connectivity index (χ1) is 11.0. The predicted molar refractivity (Wildman–Crippen MR) is 88.9 cm³/mol. The minimum absolute atomic E-state index is 0.0449. The van der Waals surface area contributed by atoms with Crippen LogP contribution in [-0.2, 0) is 14.3 Å². The van der Waals surface area contributed by atoms with E-state index in [0.717, 1.165) is 39.0 Å². The van der Waals surface area contributed by atoms with E-state index in [2.05, 4.69) is 19.2 Å². The number of hydrogen-bond acceptors (Lipinski definition) is 3. The van der Waals surface area contributed by atoms with E-state index in [1.165, 1.54) is 19.3 Å². The van der Waals surface area contributed by atoms with Crippen molar-refractivity contribution in [2.75, 3.05) is 26.8 Å². The number of carbonyl (C=O) groups excluding carboxylic acids is 1. The fourth-order valence-corrected chi connectivity index (χ4v) is 5.05. The van der Waals surface area contributed by atoms with Gasteiger partial charge in [-0.05, 0) is 44.4 Å². The second-order valence-corrected chi connectivity index (χ2v) is 7.99. The standard InChI is InChI=1S/C19H31NO3/c1-13-6-4-7-19(2)11-17-14(10-16(13)19)15(18(21)23-17)12-20-8-5-9-22-3/h14-15,17,20H,4-12H2,1-3H3/p+1/t14-,15+,17-,19+/m1/s1.